The molecule has 1 aliphatic rings. The minimum Gasteiger partial charge on any atom is -0.493 e. The van der Waals surface area contributed by atoms with Crippen LogP contribution in [0.5, 0.6) is 5.75 Å². The second-order valence-electron chi connectivity index (χ2n) is 5.97. The van der Waals surface area contributed by atoms with E-state index in [1.807, 2.05) is 0 Å². The van der Waals surface area contributed by atoms with Crippen molar-refractivity contribution in [1.82, 2.24) is 9.78 Å². The van der Waals surface area contributed by atoms with Crippen molar-refractivity contribution in [3.8, 4) is 5.75 Å². The number of Topliss-reactive ketones (excluding diaryl/α,β-unsaturated/α-hetero) is 1. The van der Waals surface area contributed by atoms with Gasteiger partial charge in [0.25, 0.3) is 0 Å². The number of hydrogen-bond acceptors (Lipinski definition) is 4. The zero-order valence-electron chi connectivity index (χ0n) is 12.7. The van der Waals surface area contributed by atoms with Crippen molar-refractivity contribution in [3.63, 3.8) is 0 Å². The first-order valence-corrected chi connectivity index (χ1v) is 7.45. The van der Waals surface area contributed by atoms with Gasteiger partial charge in [0.1, 0.15) is 5.69 Å². The molecule has 0 radical (unpaired) electrons. The number of aromatic nitrogens is 2. The zero-order valence-corrected chi connectivity index (χ0v) is 12.7. The van der Waals surface area contributed by atoms with Crippen LogP contribution in [0.4, 0.5) is 0 Å². The van der Waals surface area contributed by atoms with Gasteiger partial charge in [0.05, 0.1) is 18.8 Å². The van der Waals surface area contributed by atoms with Gasteiger partial charge in [-0.2, -0.15) is 5.10 Å². The summed E-state index contributed by atoms with van der Waals surface area (Å²) in [5, 5.41) is 4.26. The van der Waals surface area contributed by atoms with Gasteiger partial charge < -0.3 is 10.5 Å². The summed E-state index contributed by atoms with van der Waals surface area (Å²) in [6.07, 6.45) is 6.17. The molecule has 1 fully saturated rings. The van der Waals surface area contributed by atoms with Crippen molar-refractivity contribution >= 4 is 5.78 Å². The molecule has 0 bridgehead atoms. The molecule has 0 saturated heterocycles. The summed E-state index contributed by atoms with van der Waals surface area (Å²) < 4.78 is 7.03. The van der Waals surface area contributed by atoms with Crippen molar-refractivity contribution in [2.24, 2.45) is 11.7 Å². The van der Waals surface area contributed by atoms with Gasteiger partial charge >= 0.3 is 0 Å². The maximum absolute atomic E-state index is 12.9. The Morgan fingerprint density at radius 2 is 2.40 bits per heavy atom. The lowest BCUT2D eigenvalue weighted by Crippen LogP contribution is -2.51. The van der Waals surface area contributed by atoms with E-state index in [9.17, 15) is 4.79 Å². The first-order valence-electron chi connectivity index (χ1n) is 7.45. The number of nitrogens with two attached hydrogens (primary N) is 1. The lowest BCUT2D eigenvalue weighted by atomic mass is 9.74. The van der Waals surface area contributed by atoms with E-state index in [4.69, 9.17) is 10.5 Å². The van der Waals surface area contributed by atoms with Gasteiger partial charge in [-0.3, -0.25) is 9.48 Å². The van der Waals surface area contributed by atoms with Crippen molar-refractivity contribution < 1.29 is 9.53 Å². The number of aryl methyl sites for hydroxylation is 1. The van der Waals surface area contributed by atoms with Gasteiger partial charge in [-0.05, 0) is 25.2 Å². The maximum atomic E-state index is 12.9. The number of carbonyl (C=O) groups excluding carboxylic acids is 1. The first-order chi connectivity index (χ1) is 9.51. The molecule has 112 valence electrons. The highest BCUT2D eigenvalue weighted by molar-refractivity contribution is 6.03. The molecule has 1 aromatic rings. The van der Waals surface area contributed by atoms with E-state index in [2.05, 4.69) is 18.9 Å². The van der Waals surface area contributed by atoms with Crippen LogP contribution >= 0.6 is 0 Å². The summed E-state index contributed by atoms with van der Waals surface area (Å²) in [6.45, 7) is 4.92. The molecule has 1 aliphatic carbocycles. The fourth-order valence-electron chi connectivity index (χ4n) is 3.16. The van der Waals surface area contributed by atoms with Gasteiger partial charge in [-0.1, -0.05) is 26.7 Å². The molecule has 1 aromatic heterocycles. The van der Waals surface area contributed by atoms with Crippen molar-refractivity contribution in [1.29, 1.82) is 0 Å². The number of nitrogens with zero attached hydrogens (tertiary/aromatic N) is 2. The highest BCUT2D eigenvalue weighted by Gasteiger charge is 2.41. The fraction of sp³-hybridized carbons (Fsp3) is 0.733. The van der Waals surface area contributed by atoms with E-state index < -0.39 is 5.54 Å². The Bertz CT molecular complexity index is 483. The fourth-order valence-corrected chi connectivity index (χ4v) is 3.16. The minimum absolute atomic E-state index is 0.0214. The van der Waals surface area contributed by atoms with Crippen LogP contribution in [0.3, 0.4) is 0 Å². The predicted molar refractivity (Wildman–Crippen MR) is 78.0 cm³/mol. The summed E-state index contributed by atoms with van der Waals surface area (Å²) in [5.41, 5.74) is 6.19. The van der Waals surface area contributed by atoms with Gasteiger partial charge in [0.15, 0.2) is 5.75 Å². The Morgan fingerprint density at radius 1 is 1.65 bits per heavy atom. The topological polar surface area (TPSA) is 70.1 Å². The monoisotopic (exact) mass is 279 g/mol. The SMILES string of the molecule is CCCn1ncc(OC)c1C(=O)C1(N)CCCC(C)C1. The Balaban J connectivity index is 2.34. The van der Waals surface area contributed by atoms with Crippen LogP contribution in [-0.2, 0) is 6.54 Å². The summed E-state index contributed by atoms with van der Waals surface area (Å²) >= 11 is 0. The standard InChI is InChI=1S/C15H25N3O2/c1-4-8-18-13(12(20-3)10-17-18)14(19)15(16)7-5-6-11(2)9-15/h10-11H,4-9,16H2,1-3H3. The number of ether oxygens (including phenoxy) is 1. The van der Waals surface area contributed by atoms with E-state index >= 15 is 0 Å². The second-order valence-corrected chi connectivity index (χ2v) is 5.97. The molecule has 0 aliphatic heterocycles. The maximum Gasteiger partial charge on any atom is 0.204 e. The van der Waals surface area contributed by atoms with Crippen LogP contribution in [-0.4, -0.2) is 28.2 Å². The average molecular weight is 279 g/mol. The van der Waals surface area contributed by atoms with Crippen LogP contribution in [0.15, 0.2) is 6.20 Å². The molecule has 0 spiro atoms. The van der Waals surface area contributed by atoms with Crippen LogP contribution in [0.1, 0.15) is 56.4 Å². The molecule has 2 atom stereocenters. The molecule has 2 N–H and O–H groups in total. The third kappa shape index (κ3) is 2.73. The molecule has 2 unspecified atom stereocenters. The predicted octanol–water partition coefficient (Wildman–Crippen LogP) is 2.39. The third-order valence-electron chi connectivity index (χ3n) is 4.16. The van der Waals surface area contributed by atoms with Crippen LogP contribution < -0.4 is 10.5 Å². The van der Waals surface area contributed by atoms with Gasteiger partial charge in [-0.25, -0.2) is 0 Å². The molecule has 5 nitrogen and oxygen atoms in total. The Kier molecular flexibility index (Phi) is 4.48. The normalized spacial score (nSPS) is 26.5. The lowest BCUT2D eigenvalue weighted by Gasteiger charge is -2.35. The molecule has 2 rings (SSSR count). The summed E-state index contributed by atoms with van der Waals surface area (Å²) in [7, 11) is 1.57. The molecule has 0 aromatic carbocycles. The van der Waals surface area contributed by atoms with Crippen LogP contribution in [0.25, 0.3) is 0 Å². The van der Waals surface area contributed by atoms with E-state index in [1.54, 1.807) is 18.0 Å². The number of methoxy groups -OCH3 is 1. The van der Waals surface area contributed by atoms with Crippen LogP contribution in [0.2, 0.25) is 0 Å². The zero-order chi connectivity index (χ0) is 14.8. The highest BCUT2D eigenvalue weighted by Crippen LogP contribution is 2.34. The van der Waals surface area contributed by atoms with Crippen molar-refractivity contribution in [2.45, 2.75) is 58.0 Å². The molecule has 0 amide bonds. The molecular formula is C15H25N3O2. The summed E-state index contributed by atoms with van der Waals surface area (Å²) in [5.74, 6) is 1.00. The van der Waals surface area contributed by atoms with Gasteiger partial charge in [0, 0.05) is 6.54 Å². The van der Waals surface area contributed by atoms with E-state index in [1.165, 1.54) is 0 Å². The van der Waals surface area contributed by atoms with Gasteiger partial charge in [0.2, 0.25) is 5.78 Å². The van der Waals surface area contributed by atoms with Crippen molar-refractivity contribution in [3.05, 3.63) is 11.9 Å². The molecule has 1 saturated carbocycles. The van der Waals surface area contributed by atoms with E-state index in [-0.39, 0.29) is 5.78 Å². The summed E-state index contributed by atoms with van der Waals surface area (Å²) in [4.78, 5) is 12.9. The second kappa shape index (κ2) is 5.95. The quantitative estimate of drug-likeness (QED) is 0.840. The Labute approximate surface area is 120 Å². The lowest BCUT2D eigenvalue weighted by molar-refractivity contribution is 0.0804. The number of hydrogen-bond donors (Lipinski definition) is 1. The van der Waals surface area contributed by atoms with Crippen LogP contribution in [0, 0.1) is 5.92 Å². The third-order valence-corrected chi connectivity index (χ3v) is 4.16. The largest absolute Gasteiger partial charge is 0.493 e. The summed E-state index contributed by atoms with van der Waals surface area (Å²) in [6, 6.07) is 0. The van der Waals surface area contributed by atoms with Gasteiger partial charge in [-0.15, -0.1) is 0 Å². The highest BCUT2D eigenvalue weighted by atomic mass is 16.5. The number of carbonyl (C=O) groups is 1. The molecular weight excluding hydrogens is 254 g/mol. The number of ketones is 1. The molecule has 5 heteroatoms. The van der Waals surface area contributed by atoms with E-state index in [0.717, 1.165) is 32.1 Å². The van der Waals surface area contributed by atoms with E-state index in [0.29, 0.717) is 23.9 Å². The number of rotatable bonds is 5. The minimum atomic E-state index is -0.767. The smallest absolute Gasteiger partial charge is 0.204 e. The first kappa shape index (κ1) is 15.0. The van der Waals surface area contributed by atoms with Crippen molar-refractivity contribution in [2.75, 3.05) is 7.11 Å². The molecule has 1 heterocycles. The Morgan fingerprint density at radius 3 is 3.00 bits per heavy atom. The Hall–Kier alpha value is -1.36. The average Bonchev–Trinajstić information content (AvgIpc) is 2.80. The molecule has 20 heavy (non-hydrogen) atoms.